The highest BCUT2D eigenvalue weighted by atomic mass is 16.2. The van der Waals surface area contributed by atoms with Crippen LogP contribution in [0.4, 0.5) is 0 Å². The van der Waals surface area contributed by atoms with Crippen molar-refractivity contribution < 1.29 is 4.79 Å². The zero-order valence-corrected chi connectivity index (χ0v) is 14.8. The van der Waals surface area contributed by atoms with Gasteiger partial charge in [-0.3, -0.25) is 9.59 Å². The molecule has 1 aliphatic rings. The zero-order chi connectivity index (χ0) is 18.3. The van der Waals surface area contributed by atoms with E-state index in [-0.39, 0.29) is 17.0 Å². The van der Waals surface area contributed by atoms with E-state index in [0.29, 0.717) is 19.5 Å². The van der Waals surface area contributed by atoms with Gasteiger partial charge in [0.2, 0.25) is 0 Å². The van der Waals surface area contributed by atoms with Crippen LogP contribution >= 0.6 is 0 Å². The number of aromatic amines is 1. The first-order valence-corrected chi connectivity index (χ1v) is 8.63. The molecule has 2 aromatic heterocycles. The van der Waals surface area contributed by atoms with Crippen molar-refractivity contribution in [3.8, 4) is 11.4 Å². The number of nitrogens with zero attached hydrogens (tertiary/aromatic N) is 3. The molecule has 0 radical (unpaired) electrons. The van der Waals surface area contributed by atoms with E-state index in [4.69, 9.17) is 0 Å². The van der Waals surface area contributed by atoms with Crippen LogP contribution in [-0.2, 0) is 20.0 Å². The van der Waals surface area contributed by atoms with Gasteiger partial charge in [-0.15, -0.1) is 0 Å². The number of aromatic nitrogens is 3. The second-order valence-corrected chi connectivity index (χ2v) is 6.61. The first-order chi connectivity index (χ1) is 12.5. The normalized spacial score (nSPS) is 13.5. The first kappa shape index (κ1) is 16.3. The lowest BCUT2D eigenvalue weighted by molar-refractivity contribution is 0.0729. The molecule has 0 aliphatic carbocycles. The lowest BCUT2D eigenvalue weighted by Gasteiger charge is -2.26. The van der Waals surface area contributed by atoms with E-state index in [0.717, 1.165) is 28.5 Å². The minimum Gasteiger partial charge on any atom is -0.340 e. The number of amides is 1. The van der Waals surface area contributed by atoms with Crippen molar-refractivity contribution >= 4 is 5.91 Å². The van der Waals surface area contributed by atoms with E-state index in [1.165, 1.54) is 4.57 Å². The summed E-state index contributed by atoms with van der Waals surface area (Å²) in [4.78, 5) is 35.0. The average Bonchev–Trinajstić information content (AvgIpc) is 3.10. The van der Waals surface area contributed by atoms with Crippen LogP contribution in [0, 0.1) is 6.92 Å². The standard InChI is InChI=1S/C20H20N4O2/c1-13-8-9-15(19(25)23(13)2)20(26)24-11-10-16-17(12-24)22-18(21-16)14-6-4-3-5-7-14/h3-9H,10-12H2,1-2H3,(H,21,22). The molecule has 0 spiro atoms. The van der Waals surface area contributed by atoms with Crippen molar-refractivity contribution in [2.45, 2.75) is 19.9 Å². The van der Waals surface area contributed by atoms with Gasteiger partial charge in [0.25, 0.3) is 11.5 Å². The zero-order valence-electron chi connectivity index (χ0n) is 14.8. The Bertz CT molecular complexity index is 1030. The summed E-state index contributed by atoms with van der Waals surface area (Å²) >= 11 is 0. The van der Waals surface area contributed by atoms with Gasteiger partial charge in [-0.2, -0.15) is 0 Å². The number of fused-ring (bicyclic) bond motifs is 1. The summed E-state index contributed by atoms with van der Waals surface area (Å²) in [6.07, 6.45) is 0.677. The maximum absolute atomic E-state index is 12.8. The molecule has 0 saturated carbocycles. The predicted octanol–water partition coefficient (Wildman–Crippen LogP) is 2.28. The summed E-state index contributed by atoms with van der Waals surface area (Å²) in [6, 6.07) is 13.3. The van der Waals surface area contributed by atoms with Crippen LogP contribution < -0.4 is 5.56 Å². The quantitative estimate of drug-likeness (QED) is 0.772. The molecule has 3 heterocycles. The van der Waals surface area contributed by atoms with Crippen molar-refractivity contribution in [1.82, 2.24) is 19.4 Å². The molecule has 6 nitrogen and oxygen atoms in total. The molecule has 6 heteroatoms. The molecule has 0 unspecified atom stereocenters. The van der Waals surface area contributed by atoms with Crippen LogP contribution in [0.2, 0.25) is 0 Å². The summed E-state index contributed by atoms with van der Waals surface area (Å²) in [5.74, 6) is 0.586. The number of hydrogen-bond donors (Lipinski definition) is 1. The fourth-order valence-electron chi connectivity index (χ4n) is 3.26. The van der Waals surface area contributed by atoms with Crippen LogP contribution in [0.1, 0.15) is 27.4 Å². The largest absolute Gasteiger partial charge is 0.340 e. The fraction of sp³-hybridized carbons (Fsp3) is 0.250. The maximum atomic E-state index is 12.8. The Morgan fingerprint density at radius 3 is 2.69 bits per heavy atom. The summed E-state index contributed by atoms with van der Waals surface area (Å²) in [5, 5.41) is 0. The third-order valence-electron chi connectivity index (χ3n) is 4.95. The molecule has 132 valence electrons. The molecule has 1 N–H and O–H groups in total. The lowest BCUT2D eigenvalue weighted by Crippen LogP contribution is -2.39. The summed E-state index contributed by atoms with van der Waals surface area (Å²) < 4.78 is 1.51. The van der Waals surface area contributed by atoms with E-state index in [2.05, 4.69) is 9.97 Å². The van der Waals surface area contributed by atoms with E-state index in [1.807, 2.05) is 37.3 Å². The van der Waals surface area contributed by atoms with Crippen molar-refractivity contribution in [1.29, 1.82) is 0 Å². The Morgan fingerprint density at radius 2 is 1.92 bits per heavy atom. The van der Waals surface area contributed by atoms with Gasteiger partial charge in [0, 0.05) is 31.3 Å². The van der Waals surface area contributed by atoms with Gasteiger partial charge in [-0.05, 0) is 19.1 Å². The van der Waals surface area contributed by atoms with E-state index < -0.39 is 0 Å². The first-order valence-electron chi connectivity index (χ1n) is 8.63. The molecule has 3 aromatic rings. The fourth-order valence-corrected chi connectivity index (χ4v) is 3.26. The van der Waals surface area contributed by atoms with Crippen LogP contribution in [0.15, 0.2) is 47.3 Å². The molecule has 1 aliphatic heterocycles. The Balaban J connectivity index is 1.61. The topological polar surface area (TPSA) is 71.0 Å². The number of H-pyrrole nitrogens is 1. The van der Waals surface area contributed by atoms with Gasteiger partial charge in [0.1, 0.15) is 11.4 Å². The van der Waals surface area contributed by atoms with E-state index >= 15 is 0 Å². The van der Waals surface area contributed by atoms with Gasteiger partial charge in [-0.1, -0.05) is 30.3 Å². The highest BCUT2D eigenvalue weighted by Gasteiger charge is 2.26. The molecule has 0 bridgehead atoms. The maximum Gasteiger partial charge on any atom is 0.263 e. The highest BCUT2D eigenvalue weighted by molar-refractivity contribution is 5.94. The number of aryl methyl sites for hydroxylation is 1. The summed E-state index contributed by atoms with van der Waals surface area (Å²) in [7, 11) is 1.68. The molecule has 1 aromatic carbocycles. The number of hydrogen-bond acceptors (Lipinski definition) is 3. The molecule has 4 rings (SSSR count). The Labute approximate surface area is 151 Å². The van der Waals surface area contributed by atoms with Gasteiger partial charge in [0.15, 0.2) is 0 Å². The second-order valence-electron chi connectivity index (χ2n) is 6.61. The Morgan fingerprint density at radius 1 is 1.15 bits per heavy atom. The van der Waals surface area contributed by atoms with Gasteiger partial charge < -0.3 is 14.5 Å². The van der Waals surface area contributed by atoms with Crippen LogP contribution in [-0.4, -0.2) is 31.9 Å². The monoisotopic (exact) mass is 348 g/mol. The van der Waals surface area contributed by atoms with Crippen molar-refractivity contribution in [2.24, 2.45) is 7.05 Å². The predicted molar refractivity (Wildman–Crippen MR) is 98.9 cm³/mol. The number of carbonyl (C=O) groups excluding carboxylic acids is 1. The van der Waals surface area contributed by atoms with Gasteiger partial charge >= 0.3 is 0 Å². The number of carbonyl (C=O) groups is 1. The Hall–Kier alpha value is -3.15. The number of imidazole rings is 1. The molecular formula is C20H20N4O2. The summed E-state index contributed by atoms with van der Waals surface area (Å²) in [5.41, 5.74) is 3.73. The van der Waals surface area contributed by atoms with E-state index in [1.54, 1.807) is 24.1 Å². The third kappa shape index (κ3) is 2.73. The van der Waals surface area contributed by atoms with Crippen LogP contribution in [0.3, 0.4) is 0 Å². The smallest absolute Gasteiger partial charge is 0.263 e. The van der Waals surface area contributed by atoms with Crippen molar-refractivity contribution in [2.75, 3.05) is 6.54 Å². The van der Waals surface area contributed by atoms with Gasteiger partial charge in [0.05, 0.1) is 17.9 Å². The van der Waals surface area contributed by atoms with Crippen molar-refractivity contribution in [3.05, 3.63) is 75.5 Å². The molecule has 26 heavy (non-hydrogen) atoms. The number of nitrogens with one attached hydrogen (secondary N) is 1. The number of benzene rings is 1. The minimum atomic E-state index is -0.254. The lowest BCUT2D eigenvalue weighted by atomic mass is 10.1. The number of pyridine rings is 1. The third-order valence-corrected chi connectivity index (χ3v) is 4.95. The number of rotatable bonds is 2. The van der Waals surface area contributed by atoms with Crippen molar-refractivity contribution in [3.63, 3.8) is 0 Å². The van der Waals surface area contributed by atoms with E-state index in [9.17, 15) is 9.59 Å². The van der Waals surface area contributed by atoms with Gasteiger partial charge in [-0.25, -0.2) is 4.98 Å². The second kappa shape index (κ2) is 6.29. The molecule has 0 atom stereocenters. The molecule has 0 fully saturated rings. The highest BCUT2D eigenvalue weighted by Crippen LogP contribution is 2.23. The molecule has 0 saturated heterocycles. The minimum absolute atomic E-state index is 0.212. The Kier molecular flexibility index (Phi) is 3.95. The SMILES string of the molecule is Cc1ccc(C(=O)N2CCc3nc(-c4ccccc4)[nH]c3C2)c(=O)n1C. The van der Waals surface area contributed by atoms with Crippen LogP contribution in [0.5, 0.6) is 0 Å². The van der Waals surface area contributed by atoms with Crippen LogP contribution in [0.25, 0.3) is 11.4 Å². The molecular weight excluding hydrogens is 328 g/mol. The molecule has 1 amide bonds. The average molecular weight is 348 g/mol. The summed E-state index contributed by atoms with van der Waals surface area (Å²) in [6.45, 7) is 2.84.